The highest BCUT2D eigenvalue weighted by atomic mass is 16.5. The first-order valence-electron chi connectivity index (χ1n) is 11.8. The summed E-state index contributed by atoms with van der Waals surface area (Å²) in [5, 5.41) is 7.02. The van der Waals surface area contributed by atoms with Gasteiger partial charge in [-0.25, -0.2) is 0 Å². The van der Waals surface area contributed by atoms with Gasteiger partial charge in [-0.1, -0.05) is 19.0 Å². The first-order valence-corrected chi connectivity index (χ1v) is 11.8. The Labute approximate surface area is 194 Å². The molecule has 0 aliphatic carbocycles. The fourth-order valence-electron chi connectivity index (χ4n) is 5.07. The molecule has 4 rings (SSSR count). The molecule has 1 atom stereocenters. The van der Waals surface area contributed by atoms with E-state index in [9.17, 15) is 9.59 Å². The highest BCUT2D eigenvalue weighted by Crippen LogP contribution is 2.48. The van der Waals surface area contributed by atoms with E-state index < -0.39 is 0 Å². The summed E-state index contributed by atoms with van der Waals surface area (Å²) in [5.74, 6) is 1.41. The molecule has 1 unspecified atom stereocenters. The number of hydrogen-bond acceptors (Lipinski definition) is 7. The smallest absolute Gasteiger partial charge is 0.244 e. The molecule has 2 saturated heterocycles. The summed E-state index contributed by atoms with van der Waals surface area (Å²) in [6.07, 6.45) is 7.01. The molecule has 9 nitrogen and oxygen atoms in total. The molecule has 9 heteroatoms. The number of aryl methyl sites for hydroxylation is 1. The molecule has 33 heavy (non-hydrogen) atoms. The number of likely N-dealkylation sites (tertiary alicyclic amines) is 2. The highest BCUT2D eigenvalue weighted by Gasteiger charge is 2.48. The second-order valence-corrected chi connectivity index (χ2v) is 9.74. The van der Waals surface area contributed by atoms with Gasteiger partial charge in [-0.3, -0.25) is 19.5 Å². The zero-order chi connectivity index (χ0) is 23.4. The van der Waals surface area contributed by atoms with E-state index in [0.717, 1.165) is 50.9 Å². The van der Waals surface area contributed by atoms with E-state index in [4.69, 9.17) is 4.52 Å². The lowest BCUT2D eigenvalue weighted by Crippen LogP contribution is -2.46. The molecule has 0 bridgehead atoms. The van der Waals surface area contributed by atoms with E-state index in [-0.39, 0.29) is 29.2 Å². The molecule has 2 fully saturated rings. The molecular weight excluding hydrogens is 420 g/mol. The molecule has 178 valence electrons. The molecule has 2 aliphatic heterocycles. The average molecular weight is 455 g/mol. The lowest BCUT2D eigenvalue weighted by molar-refractivity contribution is -0.136. The molecule has 0 radical (unpaired) electrons. The Kier molecular flexibility index (Phi) is 7.07. The summed E-state index contributed by atoms with van der Waals surface area (Å²) < 4.78 is 5.52. The summed E-state index contributed by atoms with van der Waals surface area (Å²) >= 11 is 0. The van der Waals surface area contributed by atoms with Gasteiger partial charge in [0.15, 0.2) is 5.82 Å². The number of carbonyl (C=O) groups excluding carboxylic acids is 2. The van der Waals surface area contributed by atoms with Crippen molar-refractivity contribution in [3.63, 3.8) is 0 Å². The number of nitrogens with one attached hydrogen (secondary N) is 1. The minimum absolute atomic E-state index is 0.00485. The summed E-state index contributed by atoms with van der Waals surface area (Å²) in [6.45, 7) is 8.90. The Morgan fingerprint density at radius 1 is 1.24 bits per heavy atom. The quantitative estimate of drug-likeness (QED) is 0.683. The van der Waals surface area contributed by atoms with Gasteiger partial charge in [-0.2, -0.15) is 4.98 Å². The molecule has 1 N–H and O–H groups in total. The second-order valence-electron chi connectivity index (χ2n) is 9.74. The number of pyridine rings is 1. The normalized spacial score (nSPS) is 20.5. The van der Waals surface area contributed by atoms with Crippen LogP contribution < -0.4 is 5.32 Å². The summed E-state index contributed by atoms with van der Waals surface area (Å²) in [7, 11) is 0. The predicted octanol–water partition coefficient (Wildman–Crippen LogP) is 2.14. The first kappa shape index (κ1) is 23.4. The third kappa shape index (κ3) is 5.58. The van der Waals surface area contributed by atoms with Crippen LogP contribution in [0.1, 0.15) is 56.4 Å². The Hall–Kier alpha value is -2.81. The van der Waals surface area contributed by atoms with Crippen LogP contribution in [0.3, 0.4) is 0 Å². The molecule has 2 aliphatic rings. The van der Waals surface area contributed by atoms with Crippen LogP contribution in [0, 0.1) is 18.3 Å². The molecule has 2 aromatic heterocycles. The van der Waals surface area contributed by atoms with Gasteiger partial charge in [0.25, 0.3) is 0 Å². The van der Waals surface area contributed by atoms with Gasteiger partial charge in [0.05, 0.1) is 12.6 Å². The molecular formula is C24H34N6O3. The Balaban J connectivity index is 1.38. The van der Waals surface area contributed by atoms with Crippen molar-refractivity contribution in [1.29, 1.82) is 0 Å². The SMILES string of the molecule is Cc1noc(C2CC3(CCN(C(=O)C(C)C)CC3)CN2CC(=O)NCCc2ccncc2)n1. The van der Waals surface area contributed by atoms with Gasteiger partial charge in [0.2, 0.25) is 17.7 Å². The maximum absolute atomic E-state index is 12.8. The van der Waals surface area contributed by atoms with Crippen molar-refractivity contribution in [2.45, 2.75) is 52.5 Å². The zero-order valence-corrected chi connectivity index (χ0v) is 19.8. The third-order valence-electron chi connectivity index (χ3n) is 6.90. The van der Waals surface area contributed by atoms with Crippen molar-refractivity contribution in [3.8, 4) is 0 Å². The fraction of sp³-hybridized carbons (Fsp3) is 0.625. The first-order chi connectivity index (χ1) is 15.8. The second kappa shape index (κ2) is 9.99. The van der Waals surface area contributed by atoms with Crippen LogP contribution in [-0.2, 0) is 16.0 Å². The number of amides is 2. The van der Waals surface area contributed by atoms with Crippen molar-refractivity contribution in [2.24, 2.45) is 11.3 Å². The van der Waals surface area contributed by atoms with Crippen molar-refractivity contribution in [1.82, 2.24) is 30.2 Å². The van der Waals surface area contributed by atoms with Crippen LogP contribution in [-0.4, -0.2) is 69.5 Å². The van der Waals surface area contributed by atoms with E-state index in [1.165, 1.54) is 0 Å². The monoisotopic (exact) mass is 454 g/mol. The standard InChI is InChI=1S/C24H34N6O3/c1-17(2)23(32)29-12-7-24(8-13-29)14-20(22-27-18(3)28-33-22)30(16-24)15-21(31)26-11-6-19-4-9-25-10-5-19/h4-5,9-10,17,20H,6-8,11-16H2,1-3H3,(H,26,31). The third-order valence-corrected chi connectivity index (χ3v) is 6.90. The molecule has 2 aromatic rings. The van der Waals surface area contributed by atoms with Crippen LogP contribution in [0.25, 0.3) is 0 Å². The molecule has 0 saturated carbocycles. The van der Waals surface area contributed by atoms with Crippen molar-refractivity contribution in [2.75, 3.05) is 32.7 Å². The summed E-state index contributed by atoms with van der Waals surface area (Å²) in [5.41, 5.74) is 1.20. The number of nitrogens with zero attached hydrogens (tertiary/aromatic N) is 5. The van der Waals surface area contributed by atoms with E-state index in [0.29, 0.717) is 24.8 Å². The molecule has 0 aromatic carbocycles. The number of aromatic nitrogens is 3. The van der Waals surface area contributed by atoms with Gasteiger partial charge < -0.3 is 14.7 Å². The molecule has 4 heterocycles. The van der Waals surface area contributed by atoms with Crippen LogP contribution in [0.15, 0.2) is 29.0 Å². The van der Waals surface area contributed by atoms with Crippen molar-refractivity contribution < 1.29 is 14.1 Å². The number of carbonyl (C=O) groups is 2. The maximum Gasteiger partial charge on any atom is 0.244 e. The maximum atomic E-state index is 12.8. The van der Waals surface area contributed by atoms with Gasteiger partial charge in [0.1, 0.15) is 0 Å². The Morgan fingerprint density at radius 3 is 2.61 bits per heavy atom. The largest absolute Gasteiger partial charge is 0.355 e. The van der Waals surface area contributed by atoms with Crippen LogP contribution in [0.5, 0.6) is 0 Å². The van der Waals surface area contributed by atoms with Crippen molar-refractivity contribution in [3.05, 3.63) is 41.8 Å². The van der Waals surface area contributed by atoms with Crippen LogP contribution in [0.4, 0.5) is 0 Å². The topological polar surface area (TPSA) is 104 Å². The Morgan fingerprint density at radius 2 is 1.97 bits per heavy atom. The number of piperidine rings is 1. The summed E-state index contributed by atoms with van der Waals surface area (Å²) in [6, 6.07) is 3.84. The van der Waals surface area contributed by atoms with E-state index in [1.54, 1.807) is 12.4 Å². The minimum atomic E-state index is -0.0792. The lowest BCUT2D eigenvalue weighted by atomic mass is 9.76. The highest BCUT2D eigenvalue weighted by molar-refractivity contribution is 5.78. The van der Waals surface area contributed by atoms with Gasteiger partial charge >= 0.3 is 0 Å². The zero-order valence-electron chi connectivity index (χ0n) is 19.8. The van der Waals surface area contributed by atoms with Crippen molar-refractivity contribution >= 4 is 11.8 Å². The lowest BCUT2D eigenvalue weighted by Gasteiger charge is -2.40. The van der Waals surface area contributed by atoms with Gasteiger partial charge in [-0.15, -0.1) is 0 Å². The van der Waals surface area contributed by atoms with E-state index in [1.807, 2.05) is 37.8 Å². The van der Waals surface area contributed by atoms with E-state index >= 15 is 0 Å². The van der Waals surface area contributed by atoms with Gasteiger partial charge in [-0.05, 0) is 55.7 Å². The Bertz CT molecular complexity index is 952. The minimum Gasteiger partial charge on any atom is -0.355 e. The van der Waals surface area contributed by atoms with Crippen LogP contribution >= 0.6 is 0 Å². The molecule has 1 spiro atoms. The van der Waals surface area contributed by atoms with E-state index in [2.05, 4.69) is 25.3 Å². The number of rotatable bonds is 7. The van der Waals surface area contributed by atoms with Gasteiger partial charge in [0, 0.05) is 44.5 Å². The van der Waals surface area contributed by atoms with Crippen LogP contribution in [0.2, 0.25) is 0 Å². The predicted molar refractivity (Wildman–Crippen MR) is 122 cm³/mol. The number of hydrogen-bond donors (Lipinski definition) is 1. The fourth-order valence-corrected chi connectivity index (χ4v) is 5.07. The average Bonchev–Trinajstić information content (AvgIpc) is 3.38. The molecule has 2 amide bonds. The summed E-state index contributed by atoms with van der Waals surface area (Å²) in [4.78, 5) is 37.9.